The largest absolute Gasteiger partial charge is 0.324 e. The number of carbonyl (C=O) groups is 2. The third-order valence-electron chi connectivity index (χ3n) is 3.70. The highest BCUT2D eigenvalue weighted by Crippen LogP contribution is 2.20. The lowest BCUT2D eigenvalue weighted by atomic mass is 10.1. The fourth-order valence-electron chi connectivity index (χ4n) is 2.23. The van der Waals surface area contributed by atoms with Gasteiger partial charge in [-0.3, -0.25) is 9.59 Å². The van der Waals surface area contributed by atoms with Crippen molar-refractivity contribution < 1.29 is 9.59 Å². The van der Waals surface area contributed by atoms with Crippen LogP contribution in [-0.2, 0) is 9.59 Å². The first-order valence-corrected chi connectivity index (χ1v) is 8.07. The molecule has 0 bridgehead atoms. The summed E-state index contributed by atoms with van der Waals surface area (Å²) >= 11 is 3.36. The molecule has 2 rings (SSSR count). The molecular formula is C18H19BrN2O2. The first-order chi connectivity index (χ1) is 10.9. The molecule has 4 nitrogen and oxygen atoms in total. The van der Waals surface area contributed by atoms with Crippen molar-refractivity contribution in [2.24, 2.45) is 0 Å². The predicted molar refractivity (Wildman–Crippen MR) is 96.7 cm³/mol. The van der Waals surface area contributed by atoms with Crippen LogP contribution in [0.1, 0.15) is 18.1 Å². The van der Waals surface area contributed by atoms with E-state index >= 15 is 0 Å². The molecule has 0 atom stereocenters. The van der Waals surface area contributed by atoms with Crippen molar-refractivity contribution in [2.45, 2.75) is 20.8 Å². The molecule has 0 saturated heterocycles. The number of benzene rings is 2. The van der Waals surface area contributed by atoms with Crippen molar-refractivity contribution in [1.82, 2.24) is 0 Å². The molecule has 0 aliphatic heterocycles. The summed E-state index contributed by atoms with van der Waals surface area (Å²) in [5.41, 5.74) is 3.60. The molecule has 5 heteroatoms. The van der Waals surface area contributed by atoms with E-state index in [0.717, 1.165) is 21.3 Å². The van der Waals surface area contributed by atoms with E-state index in [1.54, 1.807) is 12.1 Å². The normalized spacial score (nSPS) is 10.3. The van der Waals surface area contributed by atoms with Crippen LogP contribution in [0.5, 0.6) is 0 Å². The fourth-order valence-corrected chi connectivity index (χ4v) is 2.49. The van der Waals surface area contributed by atoms with E-state index in [1.807, 2.05) is 44.2 Å². The summed E-state index contributed by atoms with van der Waals surface area (Å²) in [6, 6.07) is 13.0. The molecule has 1 N–H and O–H groups in total. The standard InChI is InChI=1S/C18H19BrN2O2/c1-12-5-4-6-17(13(12)2)20-18(23)11-21(14(3)22)16-9-7-15(19)8-10-16/h4-10H,11H2,1-3H3,(H,20,23). The molecule has 2 aromatic carbocycles. The zero-order valence-electron chi connectivity index (χ0n) is 13.4. The SMILES string of the molecule is CC(=O)N(CC(=O)Nc1cccc(C)c1C)c1ccc(Br)cc1. The quantitative estimate of drug-likeness (QED) is 0.876. The van der Waals surface area contributed by atoms with E-state index in [-0.39, 0.29) is 18.4 Å². The molecule has 0 heterocycles. The topological polar surface area (TPSA) is 49.4 Å². The van der Waals surface area contributed by atoms with Crippen LogP contribution in [0, 0.1) is 13.8 Å². The monoisotopic (exact) mass is 374 g/mol. The minimum atomic E-state index is -0.225. The van der Waals surface area contributed by atoms with E-state index in [0.29, 0.717) is 5.69 Å². The fraction of sp³-hybridized carbons (Fsp3) is 0.222. The Bertz CT molecular complexity index is 726. The summed E-state index contributed by atoms with van der Waals surface area (Å²) in [5.74, 6) is -0.403. The lowest BCUT2D eigenvalue weighted by Crippen LogP contribution is -2.36. The van der Waals surface area contributed by atoms with Gasteiger partial charge in [0.25, 0.3) is 0 Å². The van der Waals surface area contributed by atoms with Crippen LogP contribution in [0.4, 0.5) is 11.4 Å². The maximum Gasteiger partial charge on any atom is 0.244 e. The van der Waals surface area contributed by atoms with Gasteiger partial charge in [-0.2, -0.15) is 0 Å². The Morgan fingerprint density at radius 2 is 1.74 bits per heavy atom. The zero-order valence-corrected chi connectivity index (χ0v) is 15.0. The summed E-state index contributed by atoms with van der Waals surface area (Å²) in [4.78, 5) is 25.6. The Kier molecular flexibility index (Phi) is 5.55. The first-order valence-electron chi connectivity index (χ1n) is 7.28. The van der Waals surface area contributed by atoms with Crippen LogP contribution in [0.15, 0.2) is 46.9 Å². The number of amides is 2. The van der Waals surface area contributed by atoms with E-state index in [2.05, 4.69) is 21.2 Å². The molecule has 2 aromatic rings. The summed E-state index contributed by atoms with van der Waals surface area (Å²) in [5, 5.41) is 2.88. The van der Waals surface area contributed by atoms with Crippen LogP contribution in [0.3, 0.4) is 0 Å². The molecule has 0 spiro atoms. The molecule has 23 heavy (non-hydrogen) atoms. The highest BCUT2D eigenvalue weighted by atomic mass is 79.9. The summed E-state index contributed by atoms with van der Waals surface area (Å²) in [7, 11) is 0. The number of aryl methyl sites for hydroxylation is 1. The average molecular weight is 375 g/mol. The molecule has 0 radical (unpaired) electrons. The van der Waals surface area contributed by atoms with Gasteiger partial charge in [-0.1, -0.05) is 28.1 Å². The third kappa shape index (κ3) is 4.42. The molecule has 0 saturated carbocycles. The smallest absolute Gasteiger partial charge is 0.244 e. The van der Waals surface area contributed by atoms with Crippen molar-refractivity contribution in [3.8, 4) is 0 Å². The van der Waals surface area contributed by atoms with E-state index in [4.69, 9.17) is 0 Å². The maximum absolute atomic E-state index is 12.3. The van der Waals surface area contributed by atoms with Gasteiger partial charge in [0.05, 0.1) is 0 Å². The minimum Gasteiger partial charge on any atom is -0.324 e. The molecule has 0 unspecified atom stereocenters. The number of nitrogens with zero attached hydrogens (tertiary/aromatic N) is 1. The van der Waals surface area contributed by atoms with Gasteiger partial charge in [-0.15, -0.1) is 0 Å². The van der Waals surface area contributed by atoms with Crippen LogP contribution in [0.2, 0.25) is 0 Å². The predicted octanol–water partition coefficient (Wildman–Crippen LogP) is 4.06. The Morgan fingerprint density at radius 1 is 1.09 bits per heavy atom. The Labute approximate surface area is 144 Å². The van der Waals surface area contributed by atoms with Crippen molar-refractivity contribution in [3.63, 3.8) is 0 Å². The van der Waals surface area contributed by atoms with Gasteiger partial charge >= 0.3 is 0 Å². The second-order valence-electron chi connectivity index (χ2n) is 5.38. The van der Waals surface area contributed by atoms with E-state index in [1.165, 1.54) is 11.8 Å². The summed E-state index contributed by atoms with van der Waals surface area (Å²) < 4.78 is 0.921. The molecule has 0 fully saturated rings. The number of carbonyl (C=O) groups excluding carboxylic acids is 2. The highest BCUT2D eigenvalue weighted by molar-refractivity contribution is 9.10. The van der Waals surface area contributed by atoms with Crippen molar-refractivity contribution in [1.29, 1.82) is 0 Å². The first kappa shape index (κ1) is 17.2. The number of rotatable bonds is 4. The molecule has 120 valence electrons. The van der Waals surface area contributed by atoms with Crippen LogP contribution in [0.25, 0.3) is 0 Å². The van der Waals surface area contributed by atoms with Gasteiger partial charge in [0.2, 0.25) is 11.8 Å². The second-order valence-corrected chi connectivity index (χ2v) is 6.29. The van der Waals surface area contributed by atoms with Gasteiger partial charge in [-0.25, -0.2) is 0 Å². The van der Waals surface area contributed by atoms with Crippen molar-refractivity contribution in [2.75, 3.05) is 16.8 Å². The molecular weight excluding hydrogens is 356 g/mol. The third-order valence-corrected chi connectivity index (χ3v) is 4.23. The van der Waals surface area contributed by atoms with Crippen LogP contribution < -0.4 is 10.2 Å². The average Bonchev–Trinajstić information content (AvgIpc) is 2.50. The van der Waals surface area contributed by atoms with Gasteiger partial charge in [0, 0.05) is 22.8 Å². The summed E-state index contributed by atoms with van der Waals surface area (Å²) in [6.07, 6.45) is 0. The van der Waals surface area contributed by atoms with Gasteiger partial charge in [0.1, 0.15) is 6.54 Å². The maximum atomic E-state index is 12.3. The number of hydrogen-bond donors (Lipinski definition) is 1. The van der Waals surface area contributed by atoms with Gasteiger partial charge in [0.15, 0.2) is 0 Å². The Balaban J connectivity index is 2.14. The molecule has 0 aliphatic rings. The molecule has 0 aliphatic carbocycles. The van der Waals surface area contributed by atoms with Crippen molar-refractivity contribution in [3.05, 3.63) is 58.1 Å². The number of hydrogen-bond acceptors (Lipinski definition) is 2. The molecule has 0 aromatic heterocycles. The number of nitrogens with one attached hydrogen (secondary N) is 1. The Hall–Kier alpha value is -2.14. The minimum absolute atomic E-state index is 0.0235. The van der Waals surface area contributed by atoms with E-state index < -0.39 is 0 Å². The highest BCUT2D eigenvalue weighted by Gasteiger charge is 2.16. The second kappa shape index (κ2) is 7.42. The van der Waals surface area contributed by atoms with Gasteiger partial charge in [-0.05, 0) is 55.3 Å². The Morgan fingerprint density at radius 3 is 2.35 bits per heavy atom. The summed E-state index contributed by atoms with van der Waals surface area (Å²) in [6.45, 7) is 5.38. The lowest BCUT2D eigenvalue weighted by molar-refractivity contribution is -0.120. The number of anilines is 2. The number of halogens is 1. The van der Waals surface area contributed by atoms with Crippen LogP contribution >= 0.6 is 15.9 Å². The zero-order chi connectivity index (χ0) is 17.0. The van der Waals surface area contributed by atoms with E-state index in [9.17, 15) is 9.59 Å². The van der Waals surface area contributed by atoms with Crippen LogP contribution in [-0.4, -0.2) is 18.4 Å². The molecule has 2 amide bonds. The lowest BCUT2D eigenvalue weighted by Gasteiger charge is -2.21. The van der Waals surface area contributed by atoms with Gasteiger partial charge < -0.3 is 10.2 Å². The van der Waals surface area contributed by atoms with Crippen molar-refractivity contribution >= 4 is 39.1 Å².